The van der Waals surface area contributed by atoms with Gasteiger partial charge in [0.25, 0.3) is 0 Å². The Labute approximate surface area is 177 Å². The third-order valence-corrected chi connectivity index (χ3v) is 7.14. The smallest absolute Gasteiger partial charge is 0.0548 e. The molecule has 0 amide bonds. The van der Waals surface area contributed by atoms with Gasteiger partial charge in [0.1, 0.15) is 0 Å². The molecule has 0 saturated heterocycles. The molecule has 148 valence electrons. The summed E-state index contributed by atoms with van der Waals surface area (Å²) in [6.07, 6.45) is 0. The first-order chi connectivity index (χ1) is 14.3. The molecule has 5 aromatic rings. The zero-order valence-corrected chi connectivity index (χ0v) is 18.4. The largest absolute Gasteiger partial charge is 0.354 e. The number of fused-ring (bicyclic) bond motifs is 10. The third kappa shape index (κ3) is 2.13. The molecule has 30 heavy (non-hydrogen) atoms. The van der Waals surface area contributed by atoms with Crippen LogP contribution in [0.5, 0.6) is 0 Å². The summed E-state index contributed by atoms with van der Waals surface area (Å²) in [6, 6.07) is 24.8. The fourth-order valence-electron chi connectivity index (χ4n) is 5.55. The van der Waals surface area contributed by atoms with Gasteiger partial charge in [-0.1, -0.05) is 101 Å². The van der Waals surface area contributed by atoms with Crippen molar-refractivity contribution >= 4 is 32.4 Å². The predicted octanol–water partition coefficient (Wildman–Crippen LogP) is 8.08. The highest BCUT2D eigenvalue weighted by molar-refractivity contribution is 6.27. The molecule has 0 unspecified atom stereocenters. The highest BCUT2D eigenvalue weighted by atomic mass is 14.8. The molecule has 0 spiro atoms. The molecule has 1 aliphatic rings. The zero-order valence-electron chi connectivity index (χ0n) is 18.4. The van der Waals surface area contributed by atoms with Crippen LogP contribution in [-0.2, 0) is 10.8 Å². The lowest BCUT2D eigenvalue weighted by atomic mass is 9.77. The Balaban J connectivity index is 1.80. The minimum Gasteiger partial charge on any atom is -0.354 e. The summed E-state index contributed by atoms with van der Waals surface area (Å²) in [6.45, 7) is 11.7. The Hall–Kier alpha value is -3.06. The SMILES string of the molecule is CC(C)(C)c1ccc2c(c1)C(C)(C)c1c-2[nH]c2c3ccccc3c3ccccc3c12. The monoisotopic (exact) mass is 389 g/mol. The summed E-state index contributed by atoms with van der Waals surface area (Å²) in [7, 11) is 0. The van der Waals surface area contributed by atoms with Crippen molar-refractivity contribution in [2.45, 2.75) is 45.4 Å². The number of rotatable bonds is 0. The fourth-order valence-corrected chi connectivity index (χ4v) is 5.55. The lowest BCUT2D eigenvalue weighted by molar-refractivity contribution is 0.585. The summed E-state index contributed by atoms with van der Waals surface area (Å²) in [4.78, 5) is 3.88. The van der Waals surface area contributed by atoms with Gasteiger partial charge in [-0.3, -0.25) is 0 Å². The van der Waals surface area contributed by atoms with Gasteiger partial charge in [0, 0.05) is 21.8 Å². The quantitative estimate of drug-likeness (QED) is 0.258. The lowest BCUT2D eigenvalue weighted by Gasteiger charge is -2.26. The molecular weight excluding hydrogens is 362 g/mol. The molecule has 4 aromatic carbocycles. The average molecular weight is 390 g/mol. The maximum absolute atomic E-state index is 3.88. The van der Waals surface area contributed by atoms with Crippen molar-refractivity contribution in [1.29, 1.82) is 0 Å². The number of nitrogens with one attached hydrogen (secondary N) is 1. The normalized spacial score (nSPS) is 15.1. The van der Waals surface area contributed by atoms with E-state index in [1.54, 1.807) is 0 Å². The van der Waals surface area contributed by atoms with Crippen LogP contribution in [0.4, 0.5) is 0 Å². The number of H-pyrrole nitrogens is 1. The van der Waals surface area contributed by atoms with E-state index < -0.39 is 0 Å². The van der Waals surface area contributed by atoms with Crippen molar-refractivity contribution in [3.63, 3.8) is 0 Å². The van der Waals surface area contributed by atoms with Crippen LogP contribution < -0.4 is 0 Å². The molecule has 1 aliphatic carbocycles. The Kier molecular flexibility index (Phi) is 3.28. The number of aromatic amines is 1. The van der Waals surface area contributed by atoms with Crippen molar-refractivity contribution in [3.05, 3.63) is 83.4 Å². The van der Waals surface area contributed by atoms with E-state index in [1.807, 2.05) is 0 Å². The fraction of sp³-hybridized carbons (Fsp3) is 0.241. The van der Waals surface area contributed by atoms with E-state index in [-0.39, 0.29) is 10.8 Å². The van der Waals surface area contributed by atoms with Gasteiger partial charge in [0.05, 0.1) is 11.2 Å². The van der Waals surface area contributed by atoms with Crippen LogP contribution in [0.2, 0.25) is 0 Å². The summed E-state index contributed by atoms with van der Waals surface area (Å²) < 4.78 is 0. The molecule has 0 aliphatic heterocycles. The minimum atomic E-state index is -0.0462. The predicted molar refractivity (Wildman–Crippen MR) is 130 cm³/mol. The molecular formula is C29H27N. The molecule has 1 nitrogen and oxygen atoms in total. The maximum atomic E-state index is 3.88. The van der Waals surface area contributed by atoms with Gasteiger partial charge >= 0.3 is 0 Å². The van der Waals surface area contributed by atoms with E-state index in [0.717, 1.165) is 0 Å². The van der Waals surface area contributed by atoms with Crippen molar-refractivity contribution in [2.75, 3.05) is 0 Å². The number of hydrogen-bond acceptors (Lipinski definition) is 0. The van der Waals surface area contributed by atoms with Crippen LogP contribution >= 0.6 is 0 Å². The number of aromatic nitrogens is 1. The van der Waals surface area contributed by atoms with Crippen molar-refractivity contribution in [1.82, 2.24) is 4.98 Å². The molecule has 0 radical (unpaired) electrons. The summed E-state index contributed by atoms with van der Waals surface area (Å²) in [5.74, 6) is 0. The Bertz CT molecular complexity index is 1490. The van der Waals surface area contributed by atoms with E-state index in [0.29, 0.717) is 0 Å². The second kappa shape index (κ2) is 5.55. The molecule has 0 saturated carbocycles. The van der Waals surface area contributed by atoms with Gasteiger partial charge in [-0.2, -0.15) is 0 Å². The zero-order chi connectivity index (χ0) is 20.8. The van der Waals surface area contributed by atoms with Crippen molar-refractivity contribution < 1.29 is 0 Å². The second-order valence-electron chi connectivity index (χ2n) is 10.4. The first-order valence-corrected chi connectivity index (χ1v) is 10.9. The summed E-state index contributed by atoms with van der Waals surface area (Å²) in [5.41, 5.74) is 8.31. The van der Waals surface area contributed by atoms with Crippen molar-refractivity contribution in [3.8, 4) is 11.3 Å². The van der Waals surface area contributed by atoms with E-state index in [4.69, 9.17) is 0 Å². The molecule has 0 fully saturated rings. The van der Waals surface area contributed by atoms with E-state index in [1.165, 1.54) is 60.4 Å². The molecule has 1 heteroatoms. The maximum Gasteiger partial charge on any atom is 0.0548 e. The second-order valence-corrected chi connectivity index (χ2v) is 10.4. The topological polar surface area (TPSA) is 15.8 Å². The summed E-state index contributed by atoms with van der Waals surface area (Å²) >= 11 is 0. The Morgan fingerprint density at radius 1 is 0.733 bits per heavy atom. The molecule has 1 aromatic heterocycles. The highest BCUT2D eigenvalue weighted by Crippen LogP contribution is 2.54. The van der Waals surface area contributed by atoms with E-state index in [9.17, 15) is 0 Å². The average Bonchev–Trinajstić information content (AvgIpc) is 3.23. The van der Waals surface area contributed by atoms with Crippen LogP contribution in [0.25, 0.3) is 43.7 Å². The standard InChI is InChI=1S/C29H27N/c1-28(2,3)17-14-15-22-23(16-17)29(4,5)25-24-20-12-8-6-10-18(20)19-11-7-9-13-21(19)26(24)30-27(22)25/h6-16,30H,1-5H3. The molecule has 6 rings (SSSR count). The molecule has 1 N–H and O–H groups in total. The van der Waals surface area contributed by atoms with E-state index >= 15 is 0 Å². The van der Waals surface area contributed by atoms with Gasteiger partial charge < -0.3 is 4.98 Å². The van der Waals surface area contributed by atoms with Crippen LogP contribution in [-0.4, -0.2) is 4.98 Å². The molecule has 0 bridgehead atoms. The molecule has 0 atom stereocenters. The van der Waals surface area contributed by atoms with Gasteiger partial charge in [-0.05, 0) is 38.3 Å². The van der Waals surface area contributed by atoms with Crippen molar-refractivity contribution in [2.24, 2.45) is 0 Å². The van der Waals surface area contributed by atoms with Crippen LogP contribution in [0.3, 0.4) is 0 Å². The first kappa shape index (κ1) is 17.8. The van der Waals surface area contributed by atoms with Crippen LogP contribution in [0.15, 0.2) is 66.7 Å². The lowest BCUT2D eigenvalue weighted by Crippen LogP contribution is -2.17. The highest BCUT2D eigenvalue weighted by Gasteiger charge is 2.40. The van der Waals surface area contributed by atoms with Crippen LogP contribution in [0.1, 0.15) is 51.3 Å². The number of hydrogen-bond donors (Lipinski definition) is 1. The van der Waals surface area contributed by atoms with Gasteiger partial charge in [0.2, 0.25) is 0 Å². The summed E-state index contributed by atoms with van der Waals surface area (Å²) in [5, 5.41) is 6.70. The Morgan fingerprint density at radius 3 is 2.00 bits per heavy atom. The number of benzene rings is 4. The minimum absolute atomic E-state index is 0.0462. The third-order valence-electron chi connectivity index (χ3n) is 7.14. The Morgan fingerprint density at radius 2 is 1.33 bits per heavy atom. The van der Waals surface area contributed by atoms with E-state index in [2.05, 4.69) is 106 Å². The van der Waals surface area contributed by atoms with Gasteiger partial charge in [-0.15, -0.1) is 0 Å². The van der Waals surface area contributed by atoms with Gasteiger partial charge in [0.15, 0.2) is 0 Å². The molecule has 1 heterocycles. The van der Waals surface area contributed by atoms with Crippen LogP contribution in [0, 0.1) is 0 Å². The first-order valence-electron chi connectivity index (χ1n) is 10.9. The van der Waals surface area contributed by atoms with Gasteiger partial charge in [-0.25, -0.2) is 0 Å².